The first-order valence-electron chi connectivity index (χ1n) is 13.7. The van der Waals surface area contributed by atoms with Gasteiger partial charge in [-0.2, -0.15) is 0 Å². The first-order valence-corrected chi connectivity index (χ1v) is 14.8. The molecule has 38 heavy (non-hydrogen) atoms. The lowest BCUT2D eigenvalue weighted by molar-refractivity contribution is -0.139. The van der Waals surface area contributed by atoms with E-state index in [1.54, 1.807) is 23.4 Å². The predicted molar refractivity (Wildman–Crippen MR) is 149 cm³/mol. The fourth-order valence-corrected chi connectivity index (χ4v) is 6.59. The number of carbonyl (C=O) groups excluding carboxylic acids is 2. The van der Waals surface area contributed by atoms with Crippen LogP contribution in [0, 0.1) is 25.7 Å². The zero-order valence-electron chi connectivity index (χ0n) is 24.0. The van der Waals surface area contributed by atoms with Crippen molar-refractivity contribution in [3.8, 4) is 5.75 Å². The third kappa shape index (κ3) is 8.24. The van der Waals surface area contributed by atoms with Gasteiger partial charge in [-0.3, -0.25) is 9.59 Å². The summed E-state index contributed by atoms with van der Waals surface area (Å²) < 4.78 is 25.7. The molecule has 1 unspecified atom stereocenters. The minimum Gasteiger partial charge on any atom is -0.497 e. The molecule has 1 saturated carbocycles. The summed E-state index contributed by atoms with van der Waals surface area (Å²) in [4.78, 5) is 32.3. The van der Waals surface area contributed by atoms with Crippen molar-refractivity contribution in [3.05, 3.63) is 23.3 Å². The molecular formula is C28H46N4O5S. The van der Waals surface area contributed by atoms with Gasteiger partial charge < -0.3 is 24.2 Å². The molecular weight excluding hydrogens is 504 g/mol. The van der Waals surface area contributed by atoms with Crippen LogP contribution >= 0.6 is 0 Å². The lowest BCUT2D eigenvalue weighted by atomic mass is 9.81. The Morgan fingerprint density at radius 1 is 1.03 bits per heavy atom. The summed E-state index contributed by atoms with van der Waals surface area (Å²) in [6.45, 7) is 8.89. The van der Waals surface area contributed by atoms with E-state index in [1.165, 1.54) is 0 Å². The summed E-state index contributed by atoms with van der Waals surface area (Å²) >= 11 is 0. The molecule has 0 radical (unpaired) electrons. The molecule has 1 aliphatic carbocycles. The second-order valence-electron chi connectivity index (χ2n) is 10.9. The molecule has 2 fully saturated rings. The third-order valence-corrected chi connectivity index (χ3v) is 9.61. The maximum atomic E-state index is 13.1. The molecule has 10 heteroatoms. The number of piperazine rings is 1. The van der Waals surface area contributed by atoms with E-state index in [9.17, 15) is 13.8 Å². The molecule has 0 aromatic heterocycles. The minimum absolute atomic E-state index is 0.00873. The summed E-state index contributed by atoms with van der Waals surface area (Å²) in [5.74, 6) is 1.57. The lowest BCUT2D eigenvalue weighted by Crippen LogP contribution is -2.49. The van der Waals surface area contributed by atoms with Crippen molar-refractivity contribution in [2.45, 2.75) is 44.4 Å². The Balaban J connectivity index is 1.34. The zero-order valence-corrected chi connectivity index (χ0v) is 24.8. The highest BCUT2D eigenvalue weighted by molar-refractivity contribution is 7.82. The third-order valence-electron chi connectivity index (χ3n) is 7.87. The fourth-order valence-electron chi connectivity index (χ4n) is 5.37. The van der Waals surface area contributed by atoms with Gasteiger partial charge in [-0.25, -0.2) is 8.51 Å². The summed E-state index contributed by atoms with van der Waals surface area (Å²) in [5, 5.41) is 0. The van der Waals surface area contributed by atoms with Gasteiger partial charge in [0, 0.05) is 59.3 Å². The van der Waals surface area contributed by atoms with Gasteiger partial charge in [0.1, 0.15) is 23.3 Å². The minimum atomic E-state index is -1.33. The molecule has 3 rings (SSSR count). The van der Waals surface area contributed by atoms with Crippen LogP contribution in [0.3, 0.4) is 0 Å². The zero-order chi connectivity index (χ0) is 27.8. The quantitative estimate of drug-likeness (QED) is 0.394. The summed E-state index contributed by atoms with van der Waals surface area (Å²) in [6.07, 6.45) is 3.77. The van der Waals surface area contributed by atoms with Crippen LogP contribution < -0.4 is 4.74 Å². The number of likely N-dealkylation sites (N-methyl/N-ethyl adjacent to an activating group) is 3. The molecule has 0 bridgehead atoms. The van der Waals surface area contributed by atoms with E-state index in [0.717, 1.165) is 73.6 Å². The Kier molecular flexibility index (Phi) is 11.6. The maximum absolute atomic E-state index is 13.1. The van der Waals surface area contributed by atoms with Crippen LogP contribution in [0.4, 0.5) is 0 Å². The van der Waals surface area contributed by atoms with Crippen LogP contribution in [-0.2, 0) is 25.3 Å². The van der Waals surface area contributed by atoms with Crippen LogP contribution in [0.1, 0.15) is 36.8 Å². The Labute approximate surface area is 231 Å². The molecule has 2 amide bonds. The van der Waals surface area contributed by atoms with Crippen molar-refractivity contribution in [2.24, 2.45) is 11.8 Å². The highest BCUT2D eigenvalue weighted by Crippen LogP contribution is 2.31. The number of hydrogen-bond acceptors (Lipinski definition) is 6. The molecule has 1 aromatic rings. The smallest absolute Gasteiger partial charge is 0.248 e. The van der Waals surface area contributed by atoms with Crippen molar-refractivity contribution in [1.29, 1.82) is 0 Å². The van der Waals surface area contributed by atoms with Crippen LogP contribution in [0.2, 0.25) is 0 Å². The van der Waals surface area contributed by atoms with Gasteiger partial charge in [0.05, 0.1) is 18.6 Å². The first-order chi connectivity index (χ1) is 18.1. The summed E-state index contributed by atoms with van der Waals surface area (Å²) in [7, 11) is 6.01. The van der Waals surface area contributed by atoms with E-state index >= 15 is 0 Å². The Bertz CT molecular complexity index is 951. The number of ether oxygens (including phenoxy) is 2. The van der Waals surface area contributed by atoms with Gasteiger partial charge >= 0.3 is 0 Å². The number of methoxy groups -OCH3 is 1. The molecule has 0 N–H and O–H groups in total. The maximum Gasteiger partial charge on any atom is 0.248 e. The monoisotopic (exact) mass is 550 g/mol. The lowest BCUT2D eigenvalue weighted by Gasteiger charge is -2.37. The highest BCUT2D eigenvalue weighted by Gasteiger charge is 2.31. The molecule has 1 aromatic carbocycles. The standard InChI is InChI=1S/C28H46N4O5S/c1-21-17-25(36-6)18-22(2)27(21)38(35)31(5)15-16-37-20-26(33)30(4)19-23-7-9-24(10-8-23)28(34)32-13-11-29(3)12-14-32/h17-18,23-24H,7-16,19-20H2,1-6H3. The second kappa shape index (κ2) is 14.4. The van der Waals surface area contributed by atoms with Crippen molar-refractivity contribution < 1.29 is 23.3 Å². The molecule has 2 aliphatic rings. The average molecular weight is 551 g/mol. The van der Waals surface area contributed by atoms with E-state index in [4.69, 9.17) is 9.47 Å². The number of amides is 2. The SMILES string of the molecule is COc1cc(C)c(S(=O)N(C)CCOCC(=O)N(C)CC2CCC(C(=O)N3CCN(C)CC3)CC2)c(C)c1. The van der Waals surface area contributed by atoms with Crippen molar-refractivity contribution in [3.63, 3.8) is 0 Å². The van der Waals surface area contributed by atoms with E-state index in [2.05, 4.69) is 11.9 Å². The Hall–Kier alpha value is -2.01. The summed E-state index contributed by atoms with van der Waals surface area (Å²) in [5.41, 5.74) is 1.84. The van der Waals surface area contributed by atoms with Crippen molar-refractivity contribution in [2.75, 3.05) is 80.7 Å². The van der Waals surface area contributed by atoms with Gasteiger partial charge in [-0.05, 0) is 75.8 Å². The topological polar surface area (TPSA) is 82.6 Å². The average Bonchev–Trinajstić information content (AvgIpc) is 2.90. The Morgan fingerprint density at radius 2 is 1.63 bits per heavy atom. The molecule has 214 valence electrons. The highest BCUT2D eigenvalue weighted by atomic mass is 32.2. The molecule has 9 nitrogen and oxygen atoms in total. The van der Waals surface area contributed by atoms with E-state index in [-0.39, 0.29) is 18.4 Å². The van der Waals surface area contributed by atoms with E-state index in [0.29, 0.717) is 31.5 Å². The number of benzene rings is 1. The van der Waals surface area contributed by atoms with Crippen LogP contribution in [0.25, 0.3) is 0 Å². The second-order valence-corrected chi connectivity index (χ2v) is 12.4. The number of nitrogens with zero attached hydrogens (tertiary/aromatic N) is 4. The van der Waals surface area contributed by atoms with Gasteiger partial charge in [0.25, 0.3) is 0 Å². The number of aryl methyl sites for hydroxylation is 2. The van der Waals surface area contributed by atoms with E-state index in [1.807, 2.05) is 37.9 Å². The van der Waals surface area contributed by atoms with Gasteiger partial charge in [-0.15, -0.1) is 0 Å². The normalized spacial score (nSPS) is 21.4. The Morgan fingerprint density at radius 3 is 2.21 bits per heavy atom. The van der Waals surface area contributed by atoms with Crippen LogP contribution in [0.5, 0.6) is 5.75 Å². The molecule has 1 heterocycles. The summed E-state index contributed by atoms with van der Waals surface area (Å²) in [6, 6.07) is 3.77. The van der Waals surface area contributed by atoms with Crippen molar-refractivity contribution >= 4 is 22.8 Å². The fraction of sp³-hybridized carbons (Fsp3) is 0.714. The molecule has 1 saturated heterocycles. The van der Waals surface area contributed by atoms with Gasteiger partial charge in [0.2, 0.25) is 11.8 Å². The number of hydrogen-bond donors (Lipinski definition) is 0. The van der Waals surface area contributed by atoms with Crippen LogP contribution in [-0.4, -0.2) is 116 Å². The van der Waals surface area contributed by atoms with Crippen LogP contribution in [0.15, 0.2) is 17.0 Å². The van der Waals surface area contributed by atoms with Gasteiger partial charge in [-0.1, -0.05) is 0 Å². The molecule has 1 atom stereocenters. The largest absolute Gasteiger partial charge is 0.497 e. The van der Waals surface area contributed by atoms with Gasteiger partial charge in [0.15, 0.2) is 0 Å². The predicted octanol–water partition coefficient (Wildman–Crippen LogP) is 2.32. The molecule has 0 spiro atoms. The van der Waals surface area contributed by atoms with Crippen molar-refractivity contribution in [1.82, 2.24) is 19.0 Å². The first kappa shape index (κ1) is 30.5. The number of rotatable bonds is 11. The molecule has 1 aliphatic heterocycles. The number of carbonyl (C=O) groups is 2. The van der Waals surface area contributed by atoms with E-state index < -0.39 is 11.0 Å².